The van der Waals surface area contributed by atoms with E-state index in [-0.39, 0.29) is 18.1 Å². The Labute approximate surface area is 168 Å². The van der Waals surface area contributed by atoms with Gasteiger partial charge in [-0.15, -0.1) is 0 Å². The van der Waals surface area contributed by atoms with E-state index in [0.29, 0.717) is 18.4 Å². The van der Waals surface area contributed by atoms with E-state index in [2.05, 4.69) is 11.7 Å². The molecule has 1 aliphatic heterocycles. The predicted molar refractivity (Wildman–Crippen MR) is 104 cm³/mol. The highest BCUT2D eigenvalue weighted by molar-refractivity contribution is 5.78. The lowest BCUT2D eigenvalue weighted by molar-refractivity contribution is -0.181. The van der Waals surface area contributed by atoms with Gasteiger partial charge in [-0.05, 0) is 48.4 Å². The van der Waals surface area contributed by atoms with E-state index < -0.39 is 30.1 Å². The van der Waals surface area contributed by atoms with Gasteiger partial charge >= 0.3 is 12.1 Å². The Balaban J connectivity index is 1.67. The van der Waals surface area contributed by atoms with Crippen LogP contribution in [0.1, 0.15) is 49.8 Å². The zero-order valence-corrected chi connectivity index (χ0v) is 16.6. The summed E-state index contributed by atoms with van der Waals surface area (Å²) in [5.74, 6) is -2.88. The molecule has 0 spiro atoms. The summed E-state index contributed by atoms with van der Waals surface area (Å²) in [6.45, 7) is 3.91. The average Bonchev–Trinajstić information content (AvgIpc) is 2.70. The summed E-state index contributed by atoms with van der Waals surface area (Å²) >= 11 is 0. The summed E-state index contributed by atoms with van der Waals surface area (Å²) in [7, 11) is 0. The molecular weight excluding hydrogens is 381 g/mol. The van der Waals surface area contributed by atoms with Gasteiger partial charge in [-0.25, -0.2) is 0 Å². The van der Waals surface area contributed by atoms with Crippen molar-refractivity contribution in [1.82, 2.24) is 0 Å². The van der Waals surface area contributed by atoms with Crippen molar-refractivity contribution in [2.45, 2.75) is 58.5 Å². The molecule has 0 aromatic heterocycles. The van der Waals surface area contributed by atoms with Crippen LogP contribution in [0.4, 0.5) is 13.2 Å². The molecular formula is C23H25F3O3. The standard InChI is InChI=1S/C23H25F3O3/c1-3-5-15-6-8-16(9-7-15)12-13-23(25,26)29-19-11-10-18-14-17(4-2)22(27)28-21(18)20(19)24/h6-11,17H,3-5,12-14H2,1-2H3. The normalized spacial score (nSPS) is 16.3. The molecule has 0 fully saturated rings. The first-order chi connectivity index (χ1) is 13.8. The number of carbonyl (C=O) groups is 1. The fraction of sp³-hybridized carbons (Fsp3) is 0.435. The van der Waals surface area contributed by atoms with Gasteiger partial charge in [0, 0.05) is 0 Å². The first-order valence-electron chi connectivity index (χ1n) is 10.0. The molecule has 0 saturated carbocycles. The minimum absolute atomic E-state index is 0.0964. The Hall–Kier alpha value is -2.50. The number of fused-ring (bicyclic) bond motifs is 1. The molecule has 0 amide bonds. The second-order valence-corrected chi connectivity index (χ2v) is 7.40. The molecule has 1 unspecified atom stereocenters. The summed E-state index contributed by atoms with van der Waals surface area (Å²) in [6, 6.07) is 10.2. The monoisotopic (exact) mass is 406 g/mol. The van der Waals surface area contributed by atoms with E-state index in [4.69, 9.17) is 4.74 Å². The average molecular weight is 406 g/mol. The number of halogens is 3. The number of benzene rings is 2. The third-order valence-electron chi connectivity index (χ3n) is 5.16. The van der Waals surface area contributed by atoms with Crippen molar-refractivity contribution < 1.29 is 27.4 Å². The first-order valence-corrected chi connectivity index (χ1v) is 10.0. The number of carbonyl (C=O) groups excluding carboxylic acids is 1. The van der Waals surface area contributed by atoms with Crippen molar-refractivity contribution in [1.29, 1.82) is 0 Å². The van der Waals surface area contributed by atoms with E-state index in [1.54, 1.807) is 0 Å². The molecule has 0 radical (unpaired) electrons. The Morgan fingerprint density at radius 2 is 1.72 bits per heavy atom. The number of esters is 1. The number of alkyl halides is 2. The van der Waals surface area contributed by atoms with Crippen LogP contribution in [0.5, 0.6) is 11.5 Å². The Morgan fingerprint density at radius 1 is 1.07 bits per heavy atom. The molecule has 6 heteroatoms. The van der Waals surface area contributed by atoms with Gasteiger partial charge in [-0.3, -0.25) is 4.79 Å². The highest BCUT2D eigenvalue weighted by Gasteiger charge is 2.35. The summed E-state index contributed by atoms with van der Waals surface area (Å²) < 4.78 is 53.0. The molecule has 2 aromatic rings. The van der Waals surface area contributed by atoms with E-state index in [1.165, 1.54) is 12.1 Å². The van der Waals surface area contributed by atoms with E-state index in [0.717, 1.165) is 24.0 Å². The van der Waals surface area contributed by atoms with E-state index in [9.17, 15) is 18.0 Å². The number of ether oxygens (including phenoxy) is 2. The molecule has 0 aliphatic carbocycles. The summed E-state index contributed by atoms with van der Waals surface area (Å²) in [5.41, 5.74) is 2.41. The van der Waals surface area contributed by atoms with E-state index >= 15 is 0 Å². The van der Waals surface area contributed by atoms with Crippen molar-refractivity contribution in [2.75, 3.05) is 0 Å². The van der Waals surface area contributed by atoms with E-state index in [1.807, 2.05) is 31.2 Å². The molecule has 2 aromatic carbocycles. The van der Waals surface area contributed by atoms with Crippen molar-refractivity contribution in [3.8, 4) is 11.5 Å². The fourth-order valence-electron chi connectivity index (χ4n) is 3.43. The lowest BCUT2D eigenvalue weighted by atomic mass is 9.94. The predicted octanol–water partition coefficient (Wildman–Crippen LogP) is 5.87. The minimum atomic E-state index is -3.55. The van der Waals surface area contributed by atoms with Gasteiger partial charge in [0.25, 0.3) is 0 Å². The largest absolute Gasteiger partial charge is 0.429 e. The maximum atomic E-state index is 14.6. The summed E-state index contributed by atoms with van der Waals surface area (Å²) in [4.78, 5) is 11.9. The fourth-order valence-corrected chi connectivity index (χ4v) is 3.43. The van der Waals surface area contributed by atoms with Crippen LogP contribution < -0.4 is 9.47 Å². The van der Waals surface area contributed by atoms with Crippen LogP contribution in [0.2, 0.25) is 0 Å². The maximum Gasteiger partial charge on any atom is 0.398 e. The zero-order valence-electron chi connectivity index (χ0n) is 16.6. The van der Waals surface area contributed by atoms with Crippen LogP contribution in [0.25, 0.3) is 0 Å². The van der Waals surface area contributed by atoms with Crippen LogP contribution in [0, 0.1) is 11.7 Å². The SMILES string of the molecule is CCCc1ccc(CCC(F)(F)Oc2ccc3c(c2F)OC(=O)C(CC)C3)cc1. The quantitative estimate of drug-likeness (QED) is 0.406. The molecule has 156 valence electrons. The van der Waals surface area contributed by atoms with Crippen molar-refractivity contribution >= 4 is 5.97 Å². The molecule has 0 bridgehead atoms. The van der Waals surface area contributed by atoms with Crippen LogP contribution in [0.15, 0.2) is 36.4 Å². The topological polar surface area (TPSA) is 35.5 Å². The number of aryl methyl sites for hydroxylation is 2. The van der Waals surface area contributed by atoms with Gasteiger partial charge < -0.3 is 9.47 Å². The van der Waals surface area contributed by atoms with Crippen LogP contribution in [0.3, 0.4) is 0 Å². The number of rotatable bonds is 8. The van der Waals surface area contributed by atoms with Gasteiger partial charge in [-0.1, -0.05) is 50.6 Å². The second-order valence-electron chi connectivity index (χ2n) is 7.40. The molecule has 3 nitrogen and oxygen atoms in total. The molecule has 1 aliphatic rings. The number of hydrogen-bond acceptors (Lipinski definition) is 3. The highest BCUT2D eigenvalue weighted by atomic mass is 19.3. The third-order valence-corrected chi connectivity index (χ3v) is 5.16. The lowest BCUT2D eigenvalue weighted by Gasteiger charge is -2.24. The Kier molecular flexibility index (Phi) is 6.50. The molecule has 0 saturated heterocycles. The van der Waals surface area contributed by atoms with Crippen molar-refractivity contribution in [3.63, 3.8) is 0 Å². The number of hydrogen-bond donors (Lipinski definition) is 0. The van der Waals surface area contributed by atoms with Crippen LogP contribution in [-0.4, -0.2) is 12.1 Å². The molecule has 3 rings (SSSR count). The van der Waals surface area contributed by atoms with Crippen molar-refractivity contribution in [2.24, 2.45) is 5.92 Å². The zero-order chi connectivity index (χ0) is 21.0. The summed E-state index contributed by atoms with van der Waals surface area (Å²) in [5, 5.41) is 0. The first kappa shape index (κ1) is 21.2. The molecule has 1 atom stereocenters. The highest BCUT2D eigenvalue weighted by Crippen LogP contribution is 2.38. The molecule has 0 N–H and O–H groups in total. The van der Waals surface area contributed by atoms with Gasteiger partial charge in [0.15, 0.2) is 11.5 Å². The Bertz CT molecular complexity index is 862. The second kappa shape index (κ2) is 8.89. The molecule has 1 heterocycles. The van der Waals surface area contributed by atoms with Gasteiger partial charge in [0.2, 0.25) is 5.82 Å². The Morgan fingerprint density at radius 3 is 2.34 bits per heavy atom. The van der Waals surface area contributed by atoms with Gasteiger partial charge in [0.1, 0.15) is 0 Å². The van der Waals surface area contributed by atoms with Gasteiger partial charge in [-0.2, -0.15) is 13.2 Å². The van der Waals surface area contributed by atoms with Crippen molar-refractivity contribution in [3.05, 3.63) is 58.9 Å². The minimum Gasteiger partial charge on any atom is -0.429 e. The third kappa shape index (κ3) is 5.11. The van der Waals surface area contributed by atoms with Crippen LogP contribution >= 0.6 is 0 Å². The smallest absolute Gasteiger partial charge is 0.398 e. The summed E-state index contributed by atoms with van der Waals surface area (Å²) in [6.07, 6.45) is -1.19. The lowest BCUT2D eigenvalue weighted by Crippen LogP contribution is -2.29. The van der Waals surface area contributed by atoms with Crippen LogP contribution in [-0.2, 0) is 24.1 Å². The molecule has 29 heavy (non-hydrogen) atoms. The maximum absolute atomic E-state index is 14.6. The van der Waals surface area contributed by atoms with Gasteiger partial charge in [0.05, 0.1) is 12.3 Å².